The number of aromatic nitrogens is 2. The van der Waals surface area contributed by atoms with E-state index in [1.165, 1.54) is 20.2 Å². The molecule has 0 bridgehead atoms. The van der Waals surface area contributed by atoms with E-state index >= 15 is 0 Å². The van der Waals surface area contributed by atoms with Crippen molar-refractivity contribution in [1.29, 1.82) is 5.26 Å². The number of hydrogen-bond acceptors (Lipinski definition) is 4. The molecule has 1 aromatic rings. The Labute approximate surface area is 72.9 Å². The minimum atomic E-state index is -0.789. The van der Waals surface area contributed by atoms with Gasteiger partial charge in [-0.05, 0) is 0 Å². The molecule has 0 fully saturated rings. The topological polar surface area (TPSA) is 88.0 Å². The molecule has 0 saturated heterocycles. The maximum atomic E-state index is 11.2. The summed E-state index contributed by atoms with van der Waals surface area (Å²) in [5, 5.41) is 17.7. The molecule has 0 spiro atoms. The third-order valence-corrected chi connectivity index (χ3v) is 1.75. The Hall–Kier alpha value is -2.03. The molecule has 0 amide bonds. The SMILES string of the molecule is Cn1c(O)c(C#N)c(=O)n(C)c1=O. The van der Waals surface area contributed by atoms with Crippen LogP contribution >= 0.6 is 0 Å². The van der Waals surface area contributed by atoms with Crippen molar-refractivity contribution in [2.24, 2.45) is 14.1 Å². The molecule has 0 aliphatic heterocycles. The van der Waals surface area contributed by atoms with E-state index in [2.05, 4.69) is 0 Å². The molecule has 0 aliphatic carbocycles. The number of nitrogens with zero attached hydrogens (tertiary/aromatic N) is 3. The number of rotatable bonds is 0. The van der Waals surface area contributed by atoms with Crippen LogP contribution in [0.25, 0.3) is 0 Å². The van der Waals surface area contributed by atoms with Gasteiger partial charge in [-0.15, -0.1) is 0 Å². The second-order valence-electron chi connectivity index (χ2n) is 2.52. The van der Waals surface area contributed by atoms with Gasteiger partial charge in [0.05, 0.1) is 0 Å². The fraction of sp³-hybridized carbons (Fsp3) is 0.286. The molecule has 13 heavy (non-hydrogen) atoms. The standard InChI is InChI=1S/C7H7N3O3/c1-9-5(11)4(3-8)6(12)10(2)7(9)13/h11H,1-2H3. The predicted octanol–water partition coefficient (Wildman–Crippen LogP) is -1.34. The molecular formula is C7H7N3O3. The zero-order valence-electron chi connectivity index (χ0n) is 7.11. The molecule has 0 radical (unpaired) electrons. The van der Waals surface area contributed by atoms with Gasteiger partial charge in [-0.3, -0.25) is 13.9 Å². The smallest absolute Gasteiger partial charge is 0.333 e. The van der Waals surface area contributed by atoms with Crippen LogP contribution in [0.3, 0.4) is 0 Å². The Bertz CT molecular complexity index is 503. The van der Waals surface area contributed by atoms with Gasteiger partial charge in [0.2, 0.25) is 5.88 Å². The summed E-state index contributed by atoms with van der Waals surface area (Å²) in [6.07, 6.45) is 0. The average molecular weight is 181 g/mol. The van der Waals surface area contributed by atoms with E-state index in [0.717, 1.165) is 9.13 Å². The quantitative estimate of drug-likeness (QED) is 0.536. The van der Waals surface area contributed by atoms with E-state index in [0.29, 0.717) is 0 Å². The molecule has 0 aromatic carbocycles. The molecule has 68 valence electrons. The highest BCUT2D eigenvalue weighted by Crippen LogP contribution is 2.05. The van der Waals surface area contributed by atoms with E-state index in [1.54, 1.807) is 0 Å². The minimum Gasteiger partial charge on any atom is -0.493 e. The van der Waals surface area contributed by atoms with E-state index < -0.39 is 22.7 Å². The molecule has 0 atom stereocenters. The number of aromatic hydroxyl groups is 1. The fourth-order valence-electron chi connectivity index (χ4n) is 0.931. The predicted molar refractivity (Wildman–Crippen MR) is 43.3 cm³/mol. The molecule has 1 heterocycles. The van der Waals surface area contributed by atoms with E-state index in [-0.39, 0.29) is 0 Å². The molecule has 1 rings (SSSR count). The van der Waals surface area contributed by atoms with Crippen LogP contribution in [0.5, 0.6) is 5.88 Å². The Morgan fingerprint density at radius 2 is 1.85 bits per heavy atom. The van der Waals surface area contributed by atoms with Crippen molar-refractivity contribution in [2.75, 3.05) is 0 Å². The zero-order chi connectivity index (χ0) is 10.2. The summed E-state index contributed by atoms with van der Waals surface area (Å²) in [6, 6.07) is 1.53. The summed E-state index contributed by atoms with van der Waals surface area (Å²) in [7, 11) is 2.52. The van der Waals surface area contributed by atoms with Crippen molar-refractivity contribution in [3.8, 4) is 11.9 Å². The fourth-order valence-corrected chi connectivity index (χ4v) is 0.931. The summed E-state index contributed by atoms with van der Waals surface area (Å²) < 4.78 is 1.60. The van der Waals surface area contributed by atoms with Gasteiger partial charge >= 0.3 is 5.69 Å². The van der Waals surface area contributed by atoms with Crippen LogP contribution in [0.2, 0.25) is 0 Å². The second-order valence-corrected chi connectivity index (χ2v) is 2.52. The van der Waals surface area contributed by atoms with Crippen LogP contribution in [-0.2, 0) is 14.1 Å². The van der Waals surface area contributed by atoms with Crippen LogP contribution < -0.4 is 11.2 Å². The molecule has 0 saturated carbocycles. The molecule has 0 aliphatic rings. The van der Waals surface area contributed by atoms with Gasteiger partial charge in [-0.25, -0.2) is 4.79 Å². The van der Waals surface area contributed by atoms with Crippen molar-refractivity contribution >= 4 is 0 Å². The Kier molecular flexibility index (Phi) is 1.94. The lowest BCUT2D eigenvalue weighted by molar-refractivity contribution is 0.409. The van der Waals surface area contributed by atoms with Crippen LogP contribution in [0.4, 0.5) is 0 Å². The van der Waals surface area contributed by atoms with Crippen molar-refractivity contribution in [1.82, 2.24) is 9.13 Å². The van der Waals surface area contributed by atoms with Gasteiger partial charge in [0, 0.05) is 14.1 Å². The van der Waals surface area contributed by atoms with Gasteiger partial charge in [0.15, 0.2) is 5.56 Å². The summed E-state index contributed by atoms with van der Waals surface area (Å²) in [5.74, 6) is -0.601. The normalized spacial score (nSPS) is 9.62. The van der Waals surface area contributed by atoms with Crippen molar-refractivity contribution in [3.63, 3.8) is 0 Å². The first-order chi connectivity index (χ1) is 6.00. The highest BCUT2D eigenvalue weighted by atomic mass is 16.3. The largest absolute Gasteiger partial charge is 0.493 e. The highest BCUT2D eigenvalue weighted by molar-refractivity contribution is 5.34. The van der Waals surface area contributed by atoms with Gasteiger partial charge in [0.1, 0.15) is 6.07 Å². The Morgan fingerprint density at radius 1 is 1.31 bits per heavy atom. The zero-order valence-corrected chi connectivity index (χ0v) is 7.11. The van der Waals surface area contributed by atoms with Crippen LogP contribution in [0, 0.1) is 11.3 Å². The van der Waals surface area contributed by atoms with Crippen molar-refractivity contribution in [2.45, 2.75) is 0 Å². The third kappa shape index (κ3) is 1.10. The average Bonchev–Trinajstić information content (AvgIpc) is 2.13. The first-order valence-electron chi connectivity index (χ1n) is 3.39. The lowest BCUT2D eigenvalue weighted by Crippen LogP contribution is -2.38. The molecule has 6 nitrogen and oxygen atoms in total. The van der Waals surface area contributed by atoms with Crippen LogP contribution in [-0.4, -0.2) is 14.2 Å². The van der Waals surface area contributed by atoms with Crippen LogP contribution in [0.15, 0.2) is 9.59 Å². The van der Waals surface area contributed by atoms with Crippen LogP contribution in [0.1, 0.15) is 5.56 Å². The molecular weight excluding hydrogens is 174 g/mol. The lowest BCUT2D eigenvalue weighted by Gasteiger charge is -2.04. The Balaban J connectivity index is 3.92. The Morgan fingerprint density at radius 3 is 2.31 bits per heavy atom. The van der Waals surface area contributed by atoms with E-state index in [4.69, 9.17) is 5.26 Å². The van der Waals surface area contributed by atoms with Gasteiger partial charge < -0.3 is 5.11 Å². The van der Waals surface area contributed by atoms with E-state index in [9.17, 15) is 14.7 Å². The highest BCUT2D eigenvalue weighted by Gasteiger charge is 2.13. The minimum absolute atomic E-state index is 0.426. The molecule has 1 aromatic heterocycles. The van der Waals surface area contributed by atoms with Gasteiger partial charge in [-0.2, -0.15) is 5.26 Å². The molecule has 0 unspecified atom stereocenters. The van der Waals surface area contributed by atoms with Gasteiger partial charge in [0.25, 0.3) is 5.56 Å². The maximum absolute atomic E-state index is 11.2. The summed E-state index contributed by atoms with van der Waals surface area (Å²) in [4.78, 5) is 22.3. The van der Waals surface area contributed by atoms with Crippen molar-refractivity contribution in [3.05, 3.63) is 26.4 Å². The van der Waals surface area contributed by atoms with E-state index in [1.807, 2.05) is 0 Å². The lowest BCUT2D eigenvalue weighted by atomic mass is 10.3. The number of hydrogen-bond donors (Lipinski definition) is 1. The second kappa shape index (κ2) is 2.79. The first kappa shape index (κ1) is 9.06. The molecule has 1 N–H and O–H groups in total. The summed E-state index contributed by atoms with van der Waals surface area (Å²) >= 11 is 0. The molecule has 6 heteroatoms. The number of nitriles is 1. The van der Waals surface area contributed by atoms with Crippen molar-refractivity contribution < 1.29 is 5.11 Å². The third-order valence-electron chi connectivity index (χ3n) is 1.75. The summed E-state index contributed by atoms with van der Waals surface area (Å²) in [5.41, 5.74) is -1.88. The first-order valence-corrected chi connectivity index (χ1v) is 3.39. The van der Waals surface area contributed by atoms with Gasteiger partial charge in [-0.1, -0.05) is 0 Å². The monoisotopic (exact) mass is 181 g/mol. The maximum Gasteiger partial charge on any atom is 0.333 e. The summed E-state index contributed by atoms with van der Waals surface area (Å²) in [6.45, 7) is 0.